The number of thiocarbonyl (C=S) groups is 1. The van der Waals surface area contributed by atoms with E-state index in [1.54, 1.807) is 51.0 Å². The minimum absolute atomic E-state index is 0.0287. The average molecular weight is 490 g/mol. The number of rotatable bonds is 5. The van der Waals surface area contributed by atoms with Crippen LogP contribution in [-0.4, -0.2) is 50.3 Å². The normalized spacial score (nSPS) is 16.0. The Morgan fingerprint density at radius 1 is 1.19 bits per heavy atom. The van der Waals surface area contributed by atoms with Crippen LogP contribution in [0.4, 0.5) is 11.4 Å². The lowest BCUT2D eigenvalue weighted by molar-refractivity contribution is -0.120. The van der Waals surface area contributed by atoms with Crippen molar-refractivity contribution in [1.29, 1.82) is 5.26 Å². The van der Waals surface area contributed by atoms with Crippen LogP contribution in [0.3, 0.4) is 0 Å². The van der Waals surface area contributed by atoms with Gasteiger partial charge in [0.1, 0.15) is 17.9 Å². The second-order valence-corrected chi connectivity index (χ2v) is 10.2. The fourth-order valence-corrected chi connectivity index (χ4v) is 4.88. The minimum atomic E-state index is -3.94. The Labute approximate surface area is 197 Å². The molecule has 0 radical (unpaired) electrons. The number of nitriles is 1. The molecule has 1 amide bonds. The molecular formula is C21H20ClN5O3S2. The molecule has 0 saturated carbocycles. The van der Waals surface area contributed by atoms with Gasteiger partial charge >= 0.3 is 0 Å². The Kier molecular flexibility index (Phi) is 6.29. The molecule has 11 heteroatoms. The van der Waals surface area contributed by atoms with E-state index in [2.05, 4.69) is 4.40 Å². The summed E-state index contributed by atoms with van der Waals surface area (Å²) in [4.78, 5) is 17.7. The van der Waals surface area contributed by atoms with Crippen molar-refractivity contribution in [2.75, 3.05) is 23.9 Å². The summed E-state index contributed by atoms with van der Waals surface area (Å²) in [5.41, 5.74) is 0.0168. The maximum Gasteiger partial charge on any atom is 0.283 e. The molecule has 1 aliphatic rings. The van der Waals surface area contributed by atoms with Crippen molar-refractivity contribution in [3.63, 3.8) is 0 Å². The van der Waals surface area contributed by atoms with Gasteiger partial charge in [-0.15, -0.1) is 4.40 Å². The van der Waals surface area contributed by atoms with Crippen molar-refractivity contribution < 1.29 is 13.2 Å². The number of hydrogen-bond acceptors (Lipinski definition) is 5. The maximum atomic E-state index is 13.3. The molecular weight excluding hydrogens is 470 g/mol. The lowest BCUT2D eigenvalue weighted by Crippen LogP contribution is -2.44. The van der Waals surface area contributed by atoms with Gasteiger partial charge in [0.15, 0.2) is 5.11 Å². The lowest BCUT2D eigenvalue weighted by Gasteiger charge is -2.29. The molecule has 0 N–H and O–H groups in total. The molecule has 0 atom stereocenters. The molecule has 3 rings (SSSR count). The number of hydrogen-bond donors (Lipinski definition) is 0. The first-order valence-corrected chi connectivity index (χ1v) is 11.6. The van der Waals surface area contributed by atoms with Gasteiger partial charge < -0.3 is 9.80 Å². The number of halogens is 1. The number of carbonyl (C=O) groups is 1. The van der Waals surface area contributed by atoms with Gasteiger partial charge in [0.05, 0.1) is 21.2 Å². The standard InChI is InChI=1S/C21H20ClN5O3S2/c1-21(2)19(28)26(15-9-8-14(12-23)18(22)11-15)20(31)27(21)16-6-5-7-17(10-16)32(29,30)24-13-25(3)4/h5-11,13H,1-4H3. The van der Waals surface area contributed by atoms with Gasteiger partial charge in [-0.3, -0.25) is 9.69 Å². The highest BCUT2D eigenvalue weighted by Crippen LogP contribution is 2.38. The fraction of sp³-hybridized carbons (Fsp3) is 0.238. The quantitative estimate of drug-likeness (QED) is 0.360. The Balaban J connectivity index is 2.06. The molecule has 32 heavy (non-hydrogen) atoms. The highest BCUT2D eigenvalue weighted by atomic mass is 35.5. The van der Waals surface area contributed by atoms with Crippen molar-refractivity contribution in [3.8, 4) is 6.07 Å². The van der Waals surface area contributed by atoms with Crippen LogP contribution in [0.1, 0.15) is 19.4 Å². The Morgan fingerprint density at radius 2 is 1.88 bits per heavy atom. The van der Waals surface area contributed by atoms with Crippen molar-refractivity contribution >= 4 is 62.6 Å². The zero-order valence-corrected chi connectivity index (χ0v) is 20.2. The number of carbonyl (C=O) groups excluding carboxylic acids is 1. The van der Waals surface area contributed by atoms with E-state index < -0.39 is 15.6 Å². The van der Waals surface area contributed by atoms with Crippen LogP contribution in [0, 0.1) is 11.3 Å². The van der Waals surface area contributed by atoms with E-state index >= 15 is 0 Å². The number of sulfonamides is 1. The van der Waals surface area contributed by atoms with Crippen LogP contribution in [0.5, 0.6) is 0 Å². The first-order chi connectivity index (χ1) is 14.9. The van der Waals surface area contributed by atoms with E-state index in [0.29, 0.717) is 11.4 Å². The third-order valence-electron chi connectivity index (χ3n) is 4.79. The first kappa shape index (κ1) is 23.7. The van der Waals surface area contributed by atoms with Crippen molar-refractivity contribution in [2.45, 2.75) is 24.3 Å². The van der Waals surface area contributed by atoms with E-state index in [4.69, 9.17) is 29.1 Å². The van der Waals surface area contributed by atoms with Crippen LogP contribution in [0.25, 0.3) is 0 Å². The minimum Gasteiger partial charge on any atom is -0.368 e. The van der Waals surface area contributed by atoms with E-state index in [9.17, 15) is 13.2 Å². The second kappa shape index (κ2) is 8.50. The fourth-order valence-electron chi connectivity index (χ4n) is 3.19. The van der Waals surface area contributed by atoms with Crippen LogP contribution in [0.15, 0.2) is 51.8 Å². The largest absolute Gasteiger partial charge is 0.368 e. The summed E-state index contributed by atoms with van der Waals surface area (Å²) in [5.74, 6) is -0.317. The smallest absolute Gasteiger partial charge is 0.283 e. The van der Waals surface area contributed by atoms with Gasteiger partial charge in [0, 0.05) is 19.8 Å². The summed E-state index contributed by atoms with van der Waals surface area (Å²) in [6, 6.07) is 12.7. The van der Waals surface area contributed by atoms with Crippen molar-refractivity contribution in [2.24, 2.45) is 4.40 Å². The van der Waals surface area contributed by atoms with E-state index in [1.165, 1.54) is 40.4 Å². The van der Waals surface area contributed by atoms with Gasteiger partial charge in [-0.25, -0.2) is 0 Å². The van der Waals surface area contributed by atoms with Gasteiger partial charge in [-0.1, -0.05) is 17.7 Å². The molecule has 0 aliphatic carbocycles. The molecule has 1 saturated heterocycles. The van der Waals surface area contributed by atoms with E-state index in [0.717, 1.165) is 0 Å². The molecule has 1 fully saturated rings. The van der Waals surface area contributed by atoms with E-state index in [1.807, 2.05) is 6.07 Å². The number of nitrogens with zero attached hydrogens (tertiary/aromatic N) is 5. The SMILES string of the molecule is CN(C)C=NS(=O)(=O)c1cccc(N2C(=S)N(c3ccc(C#N)c(Cl)c3)C(=O)C2(C)C)c1. The van der Waals surface area contributed by atoms with Gasteiger partial charge in [0.25, 0.3) is 15.9 Å². The predicted molar refractivity (Wildman–Crippen MR) is 129 cm³/mol. The molecule has 1 aliphatic heterocycles. The summed E-state index contributed by atoms with van der Waals surface area (Å²) in [5, 5.41) is 9.46. The topological polar surface area (TPSA) is 97.1 Å². The second-order valence-electron chi connectivity index (χ2n) is 7.75. The highest BCUT2D eigenvalue weighted by molar-refractivity contribution is 7.90. The van der Waals surface area contributed by atoms with Crippen molar-refractivity contribution in [1.82, 2.24) is 4.90 Å². The Hall–Kier alpha value is -3.00. The summed E-state index contributed by atoms with van der Waals surface area (Å²) < 4.78 is 28.9. The lowest BCUT2D eigenvalue weighted by atomic mass is 10.0. The molecule has 0 spiro atoms. The first-order valence-electron chi connectivity index (χ1n) is 9.35. The number of anilines is 2. The monoisotopic (exact) mass is 489 g/mol. The summed E-state index contributed by atoms with van der Waals surface area (Å²) in [6.45, 7) is 3.39. The van der Waals surface area contributed by atoms with Crippen molar-refractivity contribution in [3.05, 3.63) is 53.1 Å². The molecule has 0 unspecified atom stereocenters. The number of amides is 1. The summed E-state index contributed by atoms with van der Waals surface area (Å²) in [6.07, 6.45) is 1.20. The highest BCUT2D eigenvalue weighted by Gasteiger charge is 2.50. The molecule has 1 heterocycles. The molecule has 8 nitrogen and oxygen atoms in total. The van der Waals surface area contributed by atoms with Gasteiger partial charge in [-0.05, 0) is 62.5 Å². The molecule has 2 aromatic carbocycles. The van der Waals surface area contributed by atoms with Crippen LogP contribution in [-0.2, 0) is 14.8 Å². The predicted octanol–water partition coefficient (Wildman–Crippen LogP) is 3.41. The summed E-state index contributed by atoms with van der Waals surface area (Å²) >= 11 is 11.8. The third-order valence-corrected chi connectivity index (χ3v) is 6.69. The Morgan fingerprint density at radius 3 is 2.47 bits per heavy atom. The maximum absolute atomic E-state index is 13.3. The van der Waals surface area contributed by atoms with Gasteiger partial charge in [0.2, 0.25) is 0 Å². The Bertz CT molecular complexity index is 1280. The number of benzene rings is 2. The van der Waals surface area contributed by atoms with Crippen LogP contribution < -0.4 is 9.80 Å². The zero-order valence-electron chi connectivity index (χ0n) is 17.8. The van der Waals surface area contributed by atoms with Crippen LogP contribution >= 0.6 is 23.8 Å². The van der Waals surface area contributed by atoms with Crippen LogP contribution in [0.2, 0.25) is 5.02 Å². The summed E-state index contributed by atoms with van der Waals surface area (Å²) in [7, 11) is -0.618. The molecule has 0 aromatic heterocycles. The zero-order chi connectivity index (χ0) is 23.8. The average Bonchev–Trinajstić information content (AvgIpc) is 2.90. The molecule has 0 bridgehead atoms. The third kappa shape index (κ3) is 4.19. The molecule has 2 aromatic rings. The van der Waals surface area contributed by atoms with Gasteiger partial charge in [-0.2, -0.15) is 13.7 Å². The molecule has 166 valence electrons. The van der Waals surface area contributed by atoms with E-state index in [-0.39, 0.29) is 26.5 Å².